The summed E-state index contributed by atoms with van der Waals surface area (Å²) in [7, 11) is 0. The molecule has 0 spiro atoms. The van der Waals surface area contributed by atoms with Gasteiger partial charge in [-0.25, -0.2) is 5.84 Å². The van der Waals surface area contributed by atoms with E-state index >= 15 is 0 Å². The number of hydrogen-bond donors (Lipinski definition) is 4. The highest BCUT2D eigenvalue weighted by Gasteiger charge is 2.57. The number of anilines is 2. The number of rotatable bonds is 7. The van der Waals surface area contributed by atoms with Gasteiger partial charge in [0, 0.05) is 22.7 Å². The summed E-state index contributed by atoms with van der Waals surface area (Å²) in [6, 6.07) is 17.7. The molecule has 36 heavy (non-hydrogen) atoms. The molecule has 6 nitrogen and oxygen atoms in total. The third-order valence-corrected chi connectivity index (χ3v) is 6.39. The van der Waals surface area contributed by atoms with Crippen LogP contribution >= 0.6 is 0 Å². The largest absolute Gasteiger partial charge is 0.425 e. The van der Waals surface area contributed by atoms with E-state index in [9.17, 15) is 28.5 Å². The van der Waals surface area contributed by atoms with E-state index < -0.39 is 24.5 Å². The summed E-state index contributed by atoms with van der Waals surface area (Å²) in [4.78, 5) is 0. The Balaban J connectivity index is 1.85. The van der Waals surface area contributed by atoms with E-state index in [0.717, 1.165) is 5.56 Å². The van der Waals surface area contributed by atoms with Gasteiger partial charge in [0.05, 0.1) is 30.6 Å². The normalized spacial score (nSPS) is 14.6. The molecule has 4 rings (SSSR count). The van der Waals surface area contributed by atoms with Crippen molar-refractivity contribution >= 4 is 22.3 Å². The number of para-hydroxylation sites is 1. The second-order valence-corrected chi connectivity index (χ2v) is 8.96. The van der Waals surface area contributed by atoms with Crippen LogP contribution < -0.4 is 10.9 Å². The fourth-order valence-electron chi connectivity index (χ4n) is 4.44. The number of alkyl halides is 3. The van der Waals surface area contributed by atoms with Gasteiger partial charge in [0.15, 0.2) is 0 Å². The van der Waals surface area contributed by atoms with Crippen molar-refractivity contribution in [3.8, 4) is 0 Å². The van der Waals surface area contributed by atoms with Gasteiger partial charge in [0.25, 0.3) is 0 Å². The zero-order valence-corrected chi connectivity index (χ0v) is 19.9. The van der Waals surface area contributed by atoms with Crippen LogP contribution in [0.5, 0.6) is 0 Å². The number of hydrogen-bond acceptors (Lipinski definition) is 5. The first-order chi connectivity index (χ1) is 17.0. The summed E-state index contributed by atoms with van der Waals surface area (Å²) in [6.07, 6.45) is -5.06. The van der Waals surface area contributed by atoms with E-state index in [1.54, 1.807) is 25.1 Å². The summed E-state index contributed by atoms with van der Waals surface area (Å²) >= 11 is 0. The maximum Gasteiger partial charge on any atom is 0.425 e. The van der Waals surface area contributed by atoms with Crippen molar-refractivity contribution in [2.75, 3.05) is 11.6 Å². The molecular weight excluding hydrogens is 471 g/mol. The van der Waals surface area contributed by atoms with Gasteiger partial charge < -0.3 is 19.9 Å². The van der Waals surface area contributed by atoms with Crippen molar-refractivity contribution in [1.82, 2.24) is 4.57 Å². The molecule has 0 aliphatic rings. The van der Waals surface area contributed by atoms with Crippen molar-refractivity contribution in [1.29, 1.82) is 0 Å². The molecule has 0 saturated carbocycles. The first kappa shape index (κ1) is 25.7. The first-order valence-corrected chi connectivity index (χ1v) is 11.4. The van der Waals surface area contributed by atoms with Crippen LogP contribution in [0.15, 0.2) is 72.9 Å². The molecule has 0 fully saturated rings. The van der Waals surface area contributed by atoms with E-state index in [0.29, 0.717) is 22.5 Å². The number of fused-ring (bicyclic) bond motifs is 1. The number of aliphatic hydroxyl groups is 3. The number of aromatic nitrogens is 1. The lowest BCUT2D eigenvalue weighted by Gasteiger charge is -2.32. The Kier molecular flexibility index (Phi) is 6.85. The van der Waals surface area contributed by atoms with Crippen LogP contribution in [-0.4, -0.2) is 38.8 Å². The van der Waals surface area contributed by atoms with Gasteiger partial charge in [-0.3, -0.25) is 5.01 Å². The lowest BCUT2D eigenvalue weighted by atomic mass is 9.84. The van der Waals surface area contributed by atoms with Crippen molar-refractivity contribution in [2.24, 2.45) is 5.84 Å². The van der Waals surface area contributed by atoms with E-state index in [1.165, 1.54) is 40.0 Å². The number of halogens is 3. The van der Waals surface area contributed by atoms with Gasteiger partial charge in [0.1, 0.15) is 0 Å². The molecule has 1 heterocycles. The summed E-state index contributed by atoms with van der Waals surface area (Å²) in [5.74, 6) is 6.26. The molecule has 0 bridgehead atoms. The highest BCUT2D eigenvalue weighted by molar-refractivity contribution is 5.86. The van der Waals surface area contributed by atoms with Crippen molar-refractivity contribution < 1.29 is 28.5 Å². The Hall–Kier alpha value is -3.37. The minimum Gasteiger partial charge on any atom is -0.394 e. The number of benzene rings is 3. The number of aryl methyl sites for hydroxylation is 2. The highest BCUT2D eigenvalue weighted by Crippen LogP contribution is 2.47. The van der Waals surface area contributed by atoms with Crippen LogP contribution in [0.4, 0.5) is 24.5 Å². The Bertz CT molecular complexity index is 1370. The SMILES string of the molecule is Cc1ccc(N(N)c2ccc(C(O)(c3cn(CC(O)CO)c4ccccc34)C(F)(F)F)cc2C)cc1. The molecule has 190 valence electrons. The molecule has 0 amide bonds. The fraction of sp³-hybridized carbons (Fsp3) is 0.259. The lowest BCUT2D eigenvalue weighted by molar-refractivity contribution is -0.247. The van der Waals surface area contributed by atoms with E-state index in [4.69, 9.17) is 5.84 Å². The molecule has 0 saturated heterocycles. The predicted molar refractivity (Wildman–Crippen MR) is 133 cm³/mol. The zero-order chi connectivity index (χ0) is 26.3. The first-order valence-electron chi connectivity index (χ1n) is 11.4. The summed E-state index contributed by atoms with van der Waals surface area (Å²) in [6.45, 7) is 2.87. The molecule has 4 aromatic rings. The zero-order valence-electron chi connectivity index (χ0n) is 19.9. The molecule has 0 aliphatic carbocycles. The van der Waals surface area contributed by atoms with E-state index in [1.807, 2.05) is 31.2 Å². The average molecular weight is 500 g/mol. The van der Waals surface area contributed by atoms with Crippen molar-refractivity contribution in [2.45, 2.75) is 38.3 Å². The summed E-state index contributed by atoms with van der Waals surface area (Å²) in [5.41, 5.74) is -1.05. The molecular formula is C27H28F3N3O3. The number of hydrazine groups is 1. The molecule has 0 radical (unpaired) electrons. The van der Waals surface area contributed by atoms with Crippen LogP contribution in [-0.2, 0) is 12.1 Å². The predicted octanol–water partition coefficient (Wildman–Crippen LogP) is 4.42. The lowest BCUT2D eigenvalue weighted by Crippen LogP contribution is -2.43. The molecule has 5 N–H and O–H groups in total. The number of nitrogens with zero attached hydrogens (tertiary/aromatic N) is 2. The molecule has 0 aliphatic heterocycles. The van der Waals surface area contributed by atoms with Crippen LogP contribution in [0, 0.1) is 13.8 Å². The highest BCUT2D eigenvalue weighted by atomic mass is 19.4. The average Bonchev–Trinajstić information content (AvgIpc) is 3.21. The summed E-state index contributed by atoms with van der Waals surface area (Å²) in [5, 5.41) is 32.1. The second-order valence-electron chi connectivity index (χ2n) is 8.96. The van der Waals surface area contributed by atoms with Crippen LogP contribution in [0.1, 0.15) is 22.3 Å². The van der Waals surface area contributed by atoms with E-state index in [2.05, 4.69) is 0 Å². The molecule has 2 atom stereocenters. The topological polar surface area (TPSA) is 94.9 Å². The van der Waals surface area contributed by atoms with Gasteiger partial charge in [-0.1, -0.05) is 48.0 Å². The van der Waals surface area contributed by atoms with Gasteiger partial charge in [-0.05, 0) is 49.2 Å². The Morgan fingerprint density at radius 2 is 1.67 bits per heavy atom. The quantitative estimate of drug-likeness (QED) is 0.223. The van der Waals surface area contributed by atoms with Gasteiger partial charge in [-0.2, -0.15) is 13.2 Å². The molecule has 1 aromatic heterocycles. The minimum atomic E-state index is -5.06. The van der Waals surface area contributed by atoms with E-state index in [-0.39, 0.29) is 23.1 Å². The van der Waals surface area contributed by atoms with Crippen molar-refractivity contribution in [3.63, 3.8) is 0 Å². The van der Waals surface area contributed by atoms with Gasteiger partial charge in [-0.15, -0.1) is 0 Å². The number of nitrogens with two attached hydrogens (primary N) is 1. The van der Waals surface area contributed by atoms with Gasteiger partial charge >= 0.3 is 6.18 Å². The standard InChI is InChI=1S/C27H28F3N3O3/c1-17-7-10-20(11-8-17)33(31)24-12-9-19(13-18(24)2)26(36,27(28,29)30)23-15-32(14-21(35)16-34)25-6-4-3-5-22(23)25/h3-13,15,21,34-36H,14,16,31H2,1-2H3. The molecule has 9 heteroatoms. The maximum absolute atomic E-state index is 14.7. The monoisotopic (exact) mass is 499 g/mol. The van der Waals surface area contributed by atoms with Crippen LogP contribution in [0.25, 0.3) is 10.9 Å². The van der Waals surface area contributed by atoms with Crippen LogP contribution in [0.3, 0.4) is 0 Å². The third-order valence-electron chi connectivity index (χ3n) is 6.39. The smallest absolute Gasteiger partial charge is 0.394 e. The fourth-order valence-corrected chi connectivity index (χ4v) is 4.44. The Morgan fingerprint density at radius 1 is 1.00 bits per heavy atom. The molecule has 2 unspecified atom stereocenters. The Morgan fingerprint density at radius 3 is 2.28 bits per heavy atom. The second kappa shape index (κ2) is 9.59. The van der Waals surface area contributed by atoms with Crippen molar-refractivity contribution in [3.05, 3.63) is 95.2 Å². The number of aliphatic hydroxyl groups excluding tert-OH is 2. The van der Waals surface area contributed by atoms with Gasteiger partial charge in [0.2, 0.25) is 5.60 Å². The third kappa shape index (κ3) is 4.46. The van der Waals surface area contributed by atoms with Crippen LogP contribution in [0.2, 0.25) is 0 Å². The minimum absolute atomic E-state index is 0.137. The molecule has 3 aromatic carbocycles. The maximum atomic E-state index is 14.7. The Labute approximate surface area is 206 Å². The summed E-state index contributed by atoms with van der Waals surface area (Å²) < 4.78 is 45.4.